The van der Waals surface area contributed by atoms with Crippen LogP contribution in [0.2, 0.25) is 5.15 Å². The number of hydrogen-bond donors (Lipinski definition) is 1. The van der Waals surface area contributed by atoms with Gasteiger partial charge >= 0.3 is 0 Å². The third-order valence-electron chi connectivity index (χ3n) is 4.07. The third kappa shape index (κ3) is 4.27. The van der Waals surface area contributed by atoms with Gasteiger partial charge in [0.05, 0.1) is 17.7 Å². The minimum atomic E-state index is -0.280. The molecule has 0 spiro atoms. The maximum atomic E-state index is 13.1. The van der Waals surface area contributed by atoms with Crippen molar-refractivity contribution in [2.24, 2.45) is 5.92 Å². The largest absolute Gasteiger partial charge is 0.337 e. The summed E-state index contributed by atoms with van der Waals surface area (Å²) in [7, 11) is 0. The summed E-state index contributed by atoms with van der Waals surface area (Å²) < 4.78 is 16.8. The number of imidazole rings is 1. The van der Waals surface area contributed by atoms with E-state index in [2.05, 4.69) is 26.9 Å². The molecule has 1 unspecified atom stereocenters. The van der Waals surface area contributed by atoms with Crippen LogP contribution in [-0.2, 0) is 13.1 Å². The van der Waals surface area contributed by atoms with E-state index in [0.717, 1.165) is 30.0 Å². The number of halogens is 2. The number of aryl methyl sites for hydroxylation is 1. The molecule has 25 heavy (non-hydrogen) atoms. The second kappa shape index (κ2) is 7.80. The predicted molar refractivity (Wildman–Crippen MR) is 96.4 cm³/mol. The Morgan fingerprint density at radius 2 is 2.04 bits per heavy atom. The molecule has 0 amide bonds. The Labute approximate surface area is 151 Å². The maximum absolute atomic E-state index is 13.1. The lowest BCUT2D eigenvalue weighted by Gasteiger charge is -2.13. The molecule has 0 aliphatic rings. The zero-order valence-corrected chi connectivity index (χ0v) is 15.0. The lowest BCUT2D eigenvalue weighted by Crippen LogP contribution is -2.23. The van der Waals surface area contributed by atoms with Gasteiger partial charge in [0.2, 0.25) is 0 Å². The van der Waals surface area contributed by atoms with Crippen LogP contribution in [0.3, 0.4) is 0 Å². The molecular weight excluding hydrogens is 341 g/mol. The zero-order valence-electron chi connectivity index (χ0n) is 14.3. The molecular formula is C18H21ClFN5. The summed E-state index contributed by atoms with van der Waals surface area (Å²) in [6, 6.07) is 6.13. The highest BCUT2D eigenvalue weighted by Gasteiger charge is 2.15. The van der Waals surface area contributed by atoms with Gasteiger partial charge in [-0.15, -0.1) is 0 Å². The lowest BCUT2D eigenvalue weighted by atomic mass is 10.1. The first kappa shape index (κ1) is 17.6. The summed E-state index contributed by atoms with van der Waals surface area (Å²) in [6.07, 6.45) is 5.57. The monoisotopic (exact) mass is 361 g/mol. The van der Waals surface area contributed by atoms with E-state index >= 15 is 0 Å². The fourth-order valence-corrected chi connectivity index (χ4v) is 3.09. The normalized spacial score (nSPS) is 12.5. The molecule has 1 atom stereocenters. The van der Waals surface area contributed by atoms with Crippen molar-refractivity contribution in [1.29, 1.82) is 0 Å². The smallest absolute Gasteiger partial charge is 0.137 e. The van der Waals surface area contributed by atoms with Crippen molar-refractivity contribution >= 4 is 11.6 Å². The molecule has 3 aromatic rings. The van der Waals surface area contributed by atoms with Crippen molar-refractivity contribution in [3.8, 4) is 5.69 Å². The molecule has 1 aromatic carbocycles. The van der Waals surface area contributed by atoms with E-state index in [9.17, 15) is 4.39 Å². The molecule has 7 heteroatoms. The number of benzene rings is 1. The van der Waals surface area contributed by atoms with E-state index in [1.165, 1.54) is 12.1 Å². The predicted octanol–water partition coefficient (Wildman–Crippen LogP) is 3.60. The van der Waals surface area contributed by atoms with Gasteiger partial charge in [-0.2, -0.15) is 5.10 Å². The summed E-state index contributed by atoms with van der Waals surface area (Å²) in [6.45, 7) is 6.52. The summed E-state index contributed by atoms with van der Waals surface area (Å²) in [4.78, 5) is 4.05. The number of nitrogens with zero attached hydrogens (tertiary/aromatic N) is 4. The molecule has 0 saturated carbocycles. The lowest BCUT2D eigenvalue weighted by molar-refractivity contribution is 0.445. The zero-order chi connectivity index (χ0) is 17.8. The van der Waals surface area contributed by atoms with Crippen LogP contribution in [0.1, 0.15) is 18.2 Å². The Hall–Kier alpha value is -2.18. The molecule has 0 bridgehead atoms. The average molecular weight is 362 g/mol. The highest BCUT2D eigenvalue weighted by Crippen LogP contribution is 2.23. The fourth-order valence-electron chi connectivity index (χ4n) is 2.75. The topological polar surface area (TPSA) is 47.7 Å². The number of hydrogen-bond acceptors (Lipinski definition) is 3. The molecule has 0 fully saturated rings. The third-order valence-corrected chi connectivity index (χ3v) is 4.46. The highest BCUT2D eigenvalue weighted by atomic mass is 35.5. The molecule has 3 rings (SSSR count). The highest BCUT2D eigenvalue weighted by molar-refractivity contribution is 6.30. The van der Waals surface area contributed by atoms with Crippen molar-refractivity contribution in [3.63, 3.8) is 0 Å². The van der Waals surface area contributed by atoms with E-state index in [4.69, 9.17) is 11.6 Å². The van der Waals surface area contributed by atoms with Crippen LogP contribution >= 0.6 is 11.6 Å². The van der Waals surface area contributed by atoms with Crippen LogP contribution in [0.5, 0.6) is 0 Å². The first-order chi connectivity index (χ1) is 12.0. The molecule has 0 aliphatic heterocycles. The summed E-state index contributed by atoms with van der Waals surface area (Å²) in [5.41, 5.74) is 2.57. The quantitative estimate of drug-likeness (QED) is 0.699. The Kier molecular flexibility index (Phi) is 5.50. The van der Waals surface area contributed by atoms with E-state index in [0.29, 0.717) is 17.6 Å². The standard InChI is InChI=1S/C18H21ClFN5/c1-13(11-24-8-7-21-12-24)9-22-10-17-14(2)23-25(18(17)19)16-5-3-15(20)4-6-16/h3-8,12-13,22H,9-11H2,1-2H3. The van der Waals surface area contributed by atoms with Crippen molar-refractivity contribution in [1.82, 2.24) is 24.6 Å². The number of rotatable bonds is 7. The second-order valence-electron chi connectivity index (χ2n) is 6.24. The van der Waals surface area contributed by atoms with Gasteiger partial charge in [0.25, 0.3) is 0 Å². The van der Waals surface area contributed by atoms with Gasteiger partial charge in [0.1, 0.15) is 11.0 Å². The van der Waals surface area contributed by atoms with Crippen LogP contribution in [0.25, 0.3) is 5.69 Å². The Morgan fingerprint density at radius 3 is 2.72 bits per heavy atom. The SMILES string of the molecule is Cc1nn(-c2ccc(F)cc2)c(Cl)c1CNCC(C)Cn1ccnc1. The van der Waals surface area contributed by atoms with Crippen molar-refractivity contribution in [3.05, 3.63) is 65.2 Å². The molecule has 1 N–H and O–H groups in total. The van der Waals surface area contributed by atoms with E-state index < -0.39 is 0 Å². The minimum absolute atomic E-state index is 0.280. The fraction of sp³-hybridized carbons (Fsp3) is 0.333. The van der Waals surface area contributed by atoms with Crippen LogP contribution in [0.15, 0.2) is 43.0 Å². The van der Waals surface area contributed by atoms with Crippen LogP contribution in [-0.4, -0.2) is 25.9 Å². The molecule has 0 saturated heterocycles. The molecule has 2 heterocycles. The van der Waals surface area contributed by atoms with Crippen LogP contribution in [0.4, 0.5) is 4.39 Å². The minimum Gasteiger partial charge on any atom is -0.337 e. The average Bonchev–Trinajstić information content (AvgIpc) is 3.18. The molecule has 2 aromatic heterocycles. The Morgan fingerprint density at radius 1 is 1.28 bits per heavy atom. The van der Waals surface area contributed by atoms with Gasteiger partial charge in [-0.1, -0.05) is 18.5 Å². The number of aromatic nitrogens is 4. The van der Waals surface area contributed by atoms with Gasteiger partial charge in [0, 0.05) is 31.0 Å². The molecule has 5 nitrogen and oxygen atoms in total. The molecule has 0 radical (unpaired) electrons. The Bertz CT molecular complexity index is 811. The van der Waals surface area contributed by atoms with Crippen molar-refractivity contribution < 1.29 is 4.39 Å². The molecule has 0 aliphatic carbocycles. The second-order valence-corrected chi connectivity index (χ2v) is 6.60. The van der Waals surface area contributed by atoms with Gasteiger partial charge in [-0.05, 0) is 43.7 Å². The first-order valence-corrected chi connectivity index (χ1v) is 8.58. The van der Waals surface area contributed by atoms with Gasteiger partial charge < -0.3 is 9.88 Å². The van der Waals surface area contributed by atoms with Crippen LogP contribution < -0.4 is 5.32 Å². The van der Waals surface area contributed by atoms with Crippen LogP contribution in [0, 0.1) is 18.7 Å². The van der Waals surface area contributed by atoms with Gasteiger partial charge in [0.15, 0.2) is 0 Å². The van der Waals surface area contributed by atoms with Gasteiger partial charge in [-0.3, -0.25) is 0 Å². The summed E-state index contributed by atoms with van der Waals surface area (Å²) in [5, 5.41) is 8.47. The van der Waals surface area contributed by atoms with E-state index in [-0.39, 0.29) is 5.82 Å². The first-order valence-electron chi connectivity index (χ1n) is 8.21. The molecule has 132 valence electrons. The number of nitrogens with one attached hydrogen (secondary N) is 1. The Balaban J connectivity index is 1.62. The maximum Gasteiger partial charge on any atom is 0.137 e. The van der Waals surface area contributed by atoms with Gasteiger partial charge in [-0.25, -0.2) is 14.1 Å². The van der Waals surface area contributed by atoms with E-state index in [1.807, 2.05) is 19.4 Å². The summed E-state index contributed by atoms with van der Waals surface area (Å²) in [5.74, 6) is 0.179. The van der Waals surface area contributed by atoms with Crippen molar-refractivity contribution in [2.75, 3.05) is 6.54 Å². The van der Waals surface area contributed by atoms with Crippen molar-refractivity contribution in [2.45, 2.75) is 26.9 Å². The summed E-state index contributed by atoms with van der Waals surface area (Å²) >= 11 is 6.49. The van der Waals surface area contributed by atoms with E-state index in [1.54, 1.807) is 23.0 Å².